The monoisotopic (exact) mass is 383 g/mol. The minimum Gasteiger partial charge on any atom is -0.318 e. The molecule has 1 N–H and O–H groups in total. The van der Waals surface area contributed by atoms with E-state index in [9.17, 15) is 4.79 Å². The lowest BCUT2D eigenvalue weighted by Crippen LogP contribution is -2.42. The zero-order valence-electron chi connectivity index (χ0n) is 15.1. The van der Waals surface area contributed by atoms with Crippen LogP contribution in [0.1, 0.15) is 27.2 Å². The highest BCUT2D eigenvalue weighted by atomic mass is 32.1. The number of para-hydroxylation sites is 1. The lowest BCUT2D eigenvalue weighted by atomic mass is 10.2. The Morgan fingerprint density at radius 2 is 1.79 bits per heavy atom. The number of pyridine rings is 1. The molecule has 2 heterocycles. The molecule has 1 aliphatic heterocycles. The van der Waals surface area contributed by atoms with E-state index in [-0.39, 0.29) is 5.91 Å². The second-order valence-corrected chi connectivity index (χ2v) is 6.72. The number of thiocarbonyl (C=S) groups is 1. The highest BCUT2D eigenvalue weighted by Gasteiger charge is 2.23. The fourth-order valence-corrected chi connectivity index (χ4v) is 3.33. The Balaban J connectivity index is 1.42. The maximum absolute atomic E-state index is 12.5. The van der Waals surface area contributed by atoms with Crippen LogP contribution in [0.2, 0.25) is 0 Å². The van der Waals surface area contributed by atoms with Gasteiger partial charge in [-0.3, -0.25) is 10.1 Å². The summed E-state index contributed by atoms with van der Waals surface area (Å²) in [5.74, 6) is 5.77. The van der Waals surface area contributed by atoms with E-state index in [0.717, 1.165) is 24.2 Å². The zero-order valence-corrected chi connectivity index (χ0v) is 15.9. The Morgan fingerprint density at radius 3 is 2.57 bits per heavy atom. The van der Waals surface area contributed by atoms with Crippen molar-refractivity contribution in [1.29, 1.82) is 0 Å². The number of rotatable bonds is 1. The lowest BCUT2D eigenvalue weighted by molar-refractivity contribution is 0.0977. The van der Waals surface area contributed by atoms with E-state index in [2.05, 4.69) is 28.2 Å². The molecule has 3 aromatic rings. The first-order valence-corrected chi connectivity index (χ1v) is 9.35. The molecule has 5 heteroatoms. The van der Waals surface area contributed by atoms with Crippen LogP contribution in [0, 0.1) is 11.8 Å². The van der Waals surface area contributed by atoms with Gasteiger partial charge in [0, 0.05) is 24.0 Å². The Labute approximate surface area is 169 Å². The molecule has 4 nitrogen and oxygen atoms in total. The van der Waals surface area contributed by atoms with Crippen LogP contribution in [0.15, 0.2) is 72.9 Å². The van der Waals surface area contributed by atoms with Crippen molar-refractivity contribution >= 4 is 28.9 Å². The van der Waals surface area contributed by atoms with Gasteiger partial charge in [-0.15, -0.1) is 0 Å². The molecule has 0 bridgehead atoms. The van der Waals surface area contributed by atoms with E-state index in [1.165, 1.54) is 11.8 Å². The predicted octanol–water partition coefficient (Wildman–Crippen LogP) is 3.56. The first-order valence-electron chi connectivity index (χ1n) is 8.94. The van der Waals surface area contributed by atoms with Crippen molar-refractivity contribution in [2.24, 2.45) is 0 Å². The molecule has 1 amide bonds. The topological polar surface area (TPSA) is 45.2 Å². The second kappa shape index (κ2) is 8.03. The zero-order chi connectivity index (χ0) is 19.3. The van der Waals surface area contributed by atoms with E-state index in [1.807, 2.05) is 53.4 Å². The van der Waals surface area contributed by atoms with Gasteiger partial charge in [0.1, 0.15) is 5.69 Å². The highest BCUT2D eigenvalue weighted by Crippen LogP contribution is 2.27. The van der Waals surface area contributed by atoms with Gasteiger partial charge in [-0.25, -0.2) is 4.98 Å². The standard InChI is InChI=1S/C23H17N3OS/c27-22(25-23(28)26-15-14-18-8-4-5-9-21(18)26)19-11-13-20(24-16-19)12-10-17-6-2-1-3-7-17/h1-9,11,13,16H,14-15H2,(H,25,27,28). The van der Waals surface area contributed by atoms with Crippen molar-refractivity contribution in [2.75, 3.05) is 11.4 Å². The van der Waals surface area contributed by atoms with Gasteiger partial charge in [0.25, 0.3) is 5.91 Å². The number of carbonyl (C=O) groups excluding carboxylic acids is 1. The maximum Gasteiger partial charge on any atom is 0.258 e. The number of anilines is 1. The van der Waals surface area contributed by atoms with Gasteiger partial charge in [-0.05, 0) is 60.5 Å². The van der Waals surface area contributed by atoms with Gasteiger partial charge < -0.3 is 4.90 Å². The summed E-state index contributed by atoms with van der Waals surface area (Å²) in [6.07, 6.45) is 2.44. The number of hydrogen-bond acceptors (Lipinski definition) is 3. The normalized spacial score (nSPS) is 11.9. The summed E-state index contributed by atoms with van der Waals surface area (Å²) >= 11 is 5.44. The molecule has 1 aliphatic rings. The lowest BCUT2D eigenvalue weighted by Gasteiger charge is -2.20. The third kappa shape index (κ3) is 3.93. The third-order valence-corrected chi connectivity index (χ3v) is 4.81. The average Bonchev–Trinajstić information content (AvgIpc) is 3.18. The summed E-state index contributed by atoms with van der Waals surface area (Å²) < 4.78 is 0. The summed E-state index contributed by atoms with van der Waals surface area (Å²) in [7, 11) is 0. The van der Waals surface area contributed by atoms with Gasteiger partial charge in [0.15, 0.2) is 5.11 Å². The second-order valence-electron chi connectivity index (χ2n) is 6.34. The Morgan fingerprint density at radius 1 is 1.00 bits per heavy atom. The molecule has 0 aliphatic carbocycles. The van der Waals surface area contributed by atoms with Gasteiger partial charge in [-0.2, -0.15) is 0 Å². The molecule has 2 aromatic carbocycles. The van der Waals surface area contributed by atoms with E-state index < -0.39 is 0 Å². The number of aromatic nitrogens is 1. The van der Waals surface area contributed by atoms with Gasteiger partial charge in [-0.1, -0.05) is 42.3 Å². The molecular weight excluding hydrogens is 366 g/mol. The molecule has 136 valence electrons. The van der Waals surface area contributed by atoms with Crippen LogP contribution >= 0.6 is 12.2 Å². The highest BCUT2D eigenvalue weighted by molar-refractivity contribution is 7.80. The molecule has 0 saturated carbocycles. The number of hydrogen-bond donors (Lipinski definition) is 1. The van der Waals surface area contributed by atoms with Crippen LogP contribution in [0.5, 0.6) is 0 Å². The van der Waals surface area contributed by atoms with Gasteiger partial charge >= 0.3 is 0 Å². The fraction of sp³-hybridized carbons (Fsp3) is 0.0870. The Bertz CT molecular complexity index is 1080. The van der Waals surface area contributed by atoms with E-state index in [1.54, 1.807) is 12.1 Å². The quantitative estimate of drug-likeness (QED) is 0.516. The molecule has 0 fully saturated rings. The molecule has 1 aromatic heterocycles. The van der Waals surface area contributed by atoms with Crippen molar-refractivity contribution in [1.82, 2.24) is 10.3 Å². The summed E-state index contributed by atoms with van der Waals surface area (Å²) in [6.45, 7) is 0.769. The van der Waals surface area contributed by atoms with E-state index in [4.69, 9.17) is 12.2 Å². The molecule has 0 spiro atoms. The molecule has 4 rings (SSSR count). The first kappa shape index (κ1) is 17.9. The summed E-state index contributed by atoms with van der Waals surface area (Å²) in [5, 5.41) is 3.20. The van der Waals surface area contributed by atoms with Gasteiger partial charge in [0.05, 0.1) is 5.56 Å². The number of carbonyl (C=O) groups is 1. The van der Waals surface area contributed by atoms with Gasteiger partial charge in [0.2, 0.25) is 0 Å². The van der Waals surface area contributed by atoms with Crippen LogP contribution in [-0.4, -0.2) is 22.5 Å². The van der Waals surface area contributed by atoms with Crippen LogP contribution < -0.4 is 10.2 Å². The fourth-order valence-electron chi connectivity index (χ4n) is 3.05. The number of benzene rings is 2. The third-order valence-electron chi connectivity index (χ3n) is 4.49. The van der Waals surface area contributed by atoms with Crippen molar-refractivity contribution in [2.45, 2.75) is 6.42 Å². The Hall–Kier alpha value is -3.49. The minimum absolute atomic E-state index is 0.274. The van der Waals surface area contributed by atoms with Crippen LogP contribution in [0.4, 0.5) is 5.69 Å². The van der Waals surface area contributed by atoms with E-state index >= 15 is 0 Å². The number of amides is 1. The molecular formula is C23H17N3OS. The maximum atomic E-state index is 12.5. The largest absolute Gasteiger partial charge is 0.318 e. The SMILES string of the molecule is O=C(NC(=S)N1CCc2ccccc21)c1ccc(C#Cc2ccccc2)nc1. The van der Waals surface area contributed by atoms with Crippen molar-refractivity contribution < 1.29 is 4.79 Å². The molecule has 0 saturated heterocycles. The minimum atomic E-state index is -0.274. The molecule has 0 unspecified atom stereocenters. The van der Waals surface area contributed by atoms with Crippen LogP contribution in [0.25, 0.3) is 0 Å². The predicted molar refractivity (Wildman–Crippen MR) is 114 cm³/mol. The van der Waals surface area contributed by atoms with Crippen LogP contribution in [0.3, 0.4) is 0 Å². The molecule has 28 heavy (non-hydrogen) atoms. The smallest absolute Gasteiger partial charge is 0.258 e. The van der Waals surface area contributed by atoms with Crippen molar-refractivity contribution in [3.8, 4) is 11.8 Å². The molecule has 0 radical (unpaired) electrons. The van der Waals surface area contributed by atoms with E-state index in [0.29, 0.717) is 16.4 Å². The number of fused-ring (bicyclic) bond motifs is 1. The number of nitrogens with one attached hydrogen (secondary N) is 1. The number of nitrogens with zero attached hydrogens (tertiary/aromatic N) is 2. The summed E-state index contributed by atoms with van der Waals surface area (Å²) in [6, 6.07) is 21.2. The van der Waals surface area contributed by atoms with Crippen molar-refractivity contribution in [3.63, 3.8) is 0 Å². The summed E-state index contributed by atoms with van der Waals surface area (Å²) in [5.41, 5.74) is 4.26. The Kier molecular flexibility index (Phi) is 5.14. The first-order chi connectivity index (χ1) is 13.7. The average molecular weight is 383 g/mol. The van der Waals surface area contributed by atoms with Crippen molar-refractivity contribution in [3.05, 3.63) is 95.3 Å². The summed E-state index contributed by atoms with van der Waals surface area (Å²) in [4.78, 5) is 18.7. The van der Waals surface area contributed by atoms with Crippen LogP contribution in [-0.2, 0) is 6.42 Å². The molecule has 0 atom stereocenters.